The summed E-state index contributed by atoms with van der Waals surface area (Å²) in [6.45, 7) is -2.99. The Labute approximate surface area is 225 Å². The van der Waals surface area contributed by atoms with Crippen LogP contribution in [0.15, 0.2) is 12.4 Å². The van der Waals surface area contributed by atoms with Gasteiger partial charge in [0.05, 0.1) is 5.56 Å². The van der Waals surface area contributed by atoms with Gasteiger partial charge in [0.2, 0.25) is 17.7 Å². The van der Waals surface area contributed by atoms with Crippen molar-refractivity contribution in [3.8, 4) is 5.88 Å². The van der Waals surface area contributed by atoms with Gasteiger partial charge in [0.15, 0.2) is 0 Å². The second-order valence-electron chi connectivity index (χ2n) is 10.2. The van der Waals surface area contributed by atoms with E-state index >= 15 is 0 Å². The molecule has 6 rings (SSSR count). The minimum atomic E-state index is -2.99. The number of carbonyl (C=O) groups is 2. The molecule has 208 valence electrons. The minimum absolute atomic E-state index is 0.0176. The van der Waals surface area contributed by atoms with E-state index in [1.807, 2.05) is 4.57 Å². The maximum atomic E-state index is 13.4. The Kier molecular flexibility index (Phi) is 6.69. The van der Waals surface area contributed by atoms with E-state index in [2.05, 4.69) is 36.0 Å². The van der Waals surface area contributed by atoms with Gasteiger partial charge in [-0.15, -0.1) is 26.6 Å². The number of nitrogens with one attached hydrogen (secondary N) is 3. The van der Waals surface area contributed by atoms with Gasteiger partial charge in [-0.25, -0.2) is 9.07 Å². The fraction of sp³-hybridized carbons (Fsp3) is 0.542. The molecular weight excluding hydrogens is 537 g/mol. The number of rotatable bonds is 9. The summed E-state index contributed by atoms with van der Waals surface area (Å²) in [4.78, 5) is 27.0. The van der Waals surface area contributed by atoms with Crippen LogP contribution >= 0.6 is 11.3 Å². The number of hydrogen-bond donors (Lipinski definition) is 3. The smallest absolute Gasteiger partial charge is 0.388 e. The van der Waals surface area contributed by atoms with Gasteiger partial charge >= 0.3 is 6.61 Å². The third kappa shape index (κ3) is 5.31. The first-order valence-corrected chi connectivity index (χ1v) is 13.6. The molecule has 0 radical (unpaired) electrons. The van der Waals surface area contributed by atoms with Gasteiger partial charge in [-0.2, -0.15) is 8.78 Å². The van der Waals surface area contributed by atoms with Crippen LogP contribution in [0.1, 0.15) is 58.9 Å². The summed E-state index contributed by atoms with van der Waals surface area (Å²) in [5.41, 5.74) is 1.29. The van der Waals surface area contributed by atoms with Crippen molar-refractivity contribution in [1.29, 1.82) is 0 Å². The normalized spacial score (nSPS) is 22.2. The third-order valence-corrected chi connectivity index (χ3v) is 8.54. The second-order valence-corrected chi connectivity index (χ2v) is 11.3. The van der Waals surface area contributed by atoms with Crippen LogP contribution in [0.25, 0.3) is 0 Å². The molecule has 0 aromatic carbocycles. The first-order valence-electron chi connectivity index (χ1n) is 12.8. The quantitative estimate of drug-likeness (QED) is 0.361. The molecule has 2 amide bonds. The molecule has 0 spiro atoms. The molecule has 3 aliphatic carbocycles. The Morgan fingerprint density at radius 2 is 2.03 bits per heavy atom. The summed E-state index contributed by atoms with van der Waals surface area (Å²) in [6.07, 6.45) is 4.83. The molecule has 39 heavy (non-hydrogen) atoms. The van der Waals surface area contributed by atoms with Crippen molar-refractivity contribution in [2.24, 2.45) is 13.0 Å². The molecule has 0 bridgehead atoms. The standard InChI is InChI=1S/C24H27F3N8O3S/c1-34-17(9-18(33-34)38-23(26)27)30-24-32-28-10-35(24)14-4-5-16-15(8-14)19(21(37)29-13-6-12(25)7-13)22(39-16)31-20(36)11-2-3-11/h9-14,23H,2-8H2,1H3,(H,29,37)(H,30,32)(H,31,36)/t12-,13+,14-/m0/s1. The highest BCUT2D eigenvalue weighted by molar-refractivity contribution is 7.17. The molecule has 2 saturated carbocycles. The maximum absolute atomic E-state index is 13.4. The van der Waals surface area contributed by atoms with E-state index in [-0.39, 0.29) is 48.5 Å². The predicted molar refractivity (Wildman–Crippen MR) is 135 cm³/mol. The molecular formula is C24H27F3N8O3S. The lowest BCUT2D eigenvalue weighted by Gasteiger charge is -2.31. The van der Waals surface area contributed by atoms with Crippen molar-refractivity contribution in [2.75, 3.05) is 10.6 Å². The number of thiophene rings is 1. The number of alkyl halides is 3. The molecule has 0 aliphatic heterocycles. The van der Waals surface area contributed by atoms with Gasteiger partial charge in [-0.05, 0) is 50.5 Å². The van der Waals surface area contributed by atoms with Gasteiger partial charge in [0.25, 0.3) is 5.91 Å². The average molecular weight is 565 g/mol. The number of amides is 2. The summed E-state index contributed by atoms with van der Waals surface area (Å²) in [5.74, 6) is 0.119. The molecule has 0 unspecified atom stereocenters. The lowest BCUT2D eigenvalue weighted by molar-refractivity contribution is -0.117. The molecule has 3 aromatic heterocycles. The summed E-state index contributed by atoms with van der Waals surface area (Å²) in [5, 5.41) is 21.6. The predicted octanol–water partition coefficient (Wildman–Crippen LogP) is 3.73. The van der Waals surface area contributed by atoms with E-state index in [1.54, 1.807) is 13.4 Å². The van der Waals surface area contributed by atoms with Crippen molar-refractivity contribution in [3.05, 3.63) is 28.4 Å². The monoisotopic (exact) mass is 564 g/mol. The molecule has 2 fully saturated rings. The number of ether oxygens (including phenoxy) is 1. The number of aryl methyl sites for hydroxylation is 2. The van der Waals surface area contributed by atoms with Crippen molar-refractivity contribution in [2.45, 2.75) is 69.8 Å². The van der Waals surface area contributed by atoms with Crippen LogP contribution in [0.4, 0.5) is 29.9 Å². The second kappa shape index (κ2) is 10.2. The van der Waals surface area contributed by atoms with E-state index in [9.17, 15) is 22.8 Å². The number of halogens is 3. The van der Waals surface area contributed by atoms with E-state index in [1.165, 1.54) is 22.1 Å². The summed E-state index contributed by atoms with van der Waals surface area (Å²) in [7, 11) is 1.58. The maximum Gasteiger partial charge on any atom is 0.388 e. The SMILES string of the molecule is Cn1nc(OC(F)F)cc1Nc1nncn1[C@H]1CCc2sc(NC(=O)C3CC3)c(C(=O)N[C@H]3C[C@@H](F)C3)c2C1. The Morgan fingerprint density at radius 1 is 1.23 bits per heavy atom. The number of nitrogens with zero attached hydrogens (tertiary/aromatic N) is 5. The molecule has 15 heteroatoms. The van der Waals surface area contributed by atoms with Crippen molar-refractivity contribution >= 4 is 39.9 Å². The Morgan fingerprint density at radius 3 is 2.74 bits per heavy atom. The zero-order valence-corrected chi connectivity index (χ0v) is 21.8. The number of anilines is 3. The molecule has 0 saturated heterocycles. The fourth-order valence-electron chi connectivity index (χ4n) is 5.04. The van der Waals surface area contributed by atoms with Crippen LogP contribution in [0.5, 0.6) is 5.88 Å². The average Bonchev–Trinajstić information content (AvgIpc) is 3.38. The zero-order valence-electron chi connectivity index (χ0n) is 21.0. The topological polar surface area (TPSA) is 128 Å². The number of carbonyl (C=O) groups excluding carboxylic acids is 2. The van der Waals surface area contributed by atoms with E-state index in [0.717, 1.165) is 29.7 Å². The van der Waals surface area contributed by atoms with Crippen LogP contribution < -0.4 is 20.7 Å². The summed E-state index contributed by atoms with van der Waals surface area (Å²) >= 11 is 1.42. The summed E-state index contributed by atoms with van der Waals surface area (Å²) < 4.78 is 46.2. The number of hydrogen-bond acceptors (Lipinski definition) is 8. The highest BCUT2D eigenvalue weighted by Crippen LogP contribution is 2.43. The first kappa shape index (κ1) is 25.6. The van der Waals surface area contributed by atoms with E-state index in [4.69, 9.17) is 0 Å². The van der Waals surface area contributed by atoms with Crippen molar-refractivity contribution in [1.82, 2.24) is 29.9 Å². The van der Waals surface area contributed by atoms with Crippen LogP contribution in [-0.2, 0) is 24.7 Å². The minimum Gasteiger partial charge on any atom is -0.415 e. The number of fused-ring (bicyclic) bond motifs is 1. The van der Waals surface area contributed by atoms with E-state index in [0.29, 0.717) is 35.2 Å². The Balaban J connectivity index is 1.25. The zero-order chi connectivity index (χ0) is 27.3. The molecule has 1 atom stereocenters. The number of aromatic nitrogens is 5. The lowest BCUT2D eigenvalue weighted by atomic mass is 9.89. The largest absolute Gasteiger partial charge is 0.415 e. The fourth-order valence-corrected chi connectivity index (χ4v) is 6.28. The van der Waals surface area contributed by atoms with Crippen LogP contribution in [0, 0.1) is 5.92 Å². The van der Waals surface area contributed by atoms with Crippen LogP contribution in [0.3, 0.4) is 0 Å². The van der Waals surface area contributed by atoms with Crippen LogP contribution in [0.2, 0.25) is 0 Å². The lowest BCUT2D eigenvalue weighted by Crippen LogP contribution is -2.45. The molecule has 3 aromatic rings. The Hall–Kier alpha value is -3.62. The van der Waals surface area contributed by atoms with Gasteiger partial charge in [0, 0.05) is 36.0 Å². The van der Waals surface area contributed by atoms with Gasteiger partial charge in [-0.3, -0.25) is 14.2 Å². The Bertz CT molecular complexity index is 1400. The van der Waals surface area contributed by atoms with E-state index < -0.39 is 12.8 Å². The van der Waals surface area contributed by atoms with Crippen molar-refractivity contribution < 1.29 is 27.5 Å². The van der Waals surface area contributed by atoms with Crippen molar-refractivity contribution in [3.63, 3.8) is 0 Å². The molecule has 3 heterocycles. The van der Waals surface area contributed by atoms with Crippen LogP contribution in [-0.4, -0.2) is 55.2 Å². The first-order chi connectivity index (χ1) is 18.7. The highest BCUT2D eigenvalue weighted by atomic mass is 32.1. The molecule has 3 N–H and O–H groups in total. The van der Waals surface area contributed by atoms with Gasteiger partial charge < -0.3 is 20.7 Å². The van der Waals surface area contributed by atoms with Gasteiger partial charge in [-0.1, -0.05) is 0 Å². The van der Waals surface area contributed by atoms with Gasteiger partial charge in [0.1, 0.15) is 23.3 Å². The molecule has 3 aliphatic rings. The summed E-state index contributed by atoms with van der Waals surface area (Å²) in [6, 6.07) is 0.996. The third-order valence-electron chi connectivity index (χ3n) is 7.34. The molecule has 11 nitrogen and oxygen atoms in total. The highest BCUT2D eigenvalue weighted by Gasteiger charge is 2.36.